The van der Waals surface area contributed by atoms with Crippen LogP contribution in [0.1, 0.15) is 45.6 Å². The molecule has 0 aliphatic carbocycles. The summed E-state index contributed by atoms with van der Waals surface area (Å²) in [5.41, 5.74) is 0.286. The molecule has 0 amide bonds. The van der Waals surface area contributed by atoms with Crippen LogP contribution < -0.4 is 0 Å². The second-order valence-corrected chi connectivity index (χ2v) is 5.79. The monoisotopic (exact) mass is 284 g/mol. The van der Waals surface area contributed by atoms with E-state index in [1.807, 2.05) is 31.2 Å². The predicted octanol–water partition coefficient (Wildman–Crippen LogP) is 4.48. The SMILES string of the molecule is CCCC(C)CC(C)(O)c1ccc(Br)cc1. The van der Waals surface area contributed by atoms with E-state index in [4.69, 9.17) is 0 Å². The zero-order valence-corrected chi connectivity index (χ0v) is 11.9. The lowest BCUT2D eigenvalue weighted by Gasteiger charge is -2.27. The van der Waals surface area contributed by atoms with Crippen molar-refractivity contribution >= 4 is 15.9 Å². The fourth-order valence-electron chi connectivity index (χ4n) is 2.20. The maximum absolute atomic E-state index is 10.5. The van der Waals surface area contributed by atoms with Crippen molar-refractivity contribution in [1.82, 2.24) is 0 Å². The van der Waals surface area contributed by atoms with E-state index in [1.165, 1.54) is 12.8 Å². The van der Waals surface area contributed by atoms with Crippen molar-refractivity contribution in [3.8, 4) is 0 Å². The molecule has 16 heavy (non-hydrogen) atoms. The van der Waals surface area contributed by atoms with Gasteiger partial charge in [-0.15, -0.1) is 0 Å². The standard InChI is InChI=1S/C14H21BrO/c1-4-5-11(2)10-14(3,16)12-6-8-13(15)9-7-12/h6-9,11,16H,4-5,10H2,1-3H3. The number of rotatable bonds is 5. The van der Waals surface area contributed by atoms with Crippen molar-refractivity contribution in [2.75, 3.05) is 0 Å². The molecule has 1 nitrogen and oxygen atoms in total. The molecule has 2 unspecified atom stereocenters. The molecule has 90 valence electrons. The van der Waals surface area contributed by atoms with Gasteiger partial charge in [0.15, 0.2) is 0 Å². The summed E-state index contributed by atoms with van der Waals surface area (Å²) in [5.74, 6) is 0.559. The lowest BCUT2D eigenvalue weighted by Crippen LogP contribution is -2.24. The maximum atomic E-state index is 10.5. The smallest absolute Gasteiger partial charge is 0.0871 e. The molecule has 0 spiro atoms. The fourth-order valence-corrected chi connectivity index (χ4v) is 2.46. The van der Waals surface area contributed by atoms with Crippen molar-refractivity contribution in [3.05, 3.63) is 34.3 Å². The van der Waals surface area contributed by atoms with Crippen LogP contribution in [0.2, 0.25) is 0 Å². The van der Waals surface area contributed by atoms with E-state index in [2.05, 4.69) is 29.8 Å². The minimum Gasteiger partial charge on any atom is -0.385 e. The highest BCUT2D eigenvalue weighted by atomic mass is 79.9. The summed E-state index contributed by atoms with van der Waals surface area (Å²) in [7, 11) is 0. The van der Waals surface area contributed by atoms with Gasteiger partial charge in [0.2, 0.25) is 0 Å². The van der Waals surface area contributed by atoms with Gasteiger partial charge in [0, 0.05) is 4.47 Å². The fraction of sp³-hybridized carbons (Fsp3) is 0.571. The van der Waals surface area contributed by atoms with Crippen LogP contribution in [0.25, 0.3) is 0 Å². The van der Waals surface area contributed by atoms with Crippen LogP contribution in [0.15, 0.2) is 28.7 Å². The van der Waals surface area contributed by atoms with Crippen molar-refractivity contribution in [2.24, 2.45) is 5.92 Å². The molecule has 0 heterocycles. The van der Waals surface area contributed by atoms with E-state index < -0.39 is 5.60 Å². The van der Waals surface area contributed by atoms with Crippen LogP contribution in [0.4, 0.5) is 0 Å². The molecule has 0 fully saturated rings. The number of halogens is 1. The Balaban J connectivity index is 2.72. The van der Waals surface area contributed by atoms with Crippen molar-refractivity contribution < 1.29 is 5.11 Å². The molecular weight excluding hydrogens is 264 g/mol. The number of hydrogen-bond donors (Lipinski definition) is 1. The molecule has 0 saturated heterocycles. The Labute approximate surface area is 107 Å². The van der Waals surface area contributed by atoms with Crippen molar-refractivity contribution in [2.45, 2.75) is 45.6 Å². The molecule has 1 rings (SSSR count). The minimum absolute atomic E-state index is 0.559. The largest absolute Gasteiger partial charge is 0.385 e. The lowest BCUT2D eigenvalue weighted by atomic mass is 9.85. The van der Waals surface area contributed by atoms with Crippen LogP contribution >= 0.6 is 15.9 Å². The van der Waals surface area contributed by atoms with Crippen LogP contribution in [0, 0.1) is 5.92 Å². The van der Waals surface area contributed by atoms with E-state index in [0.717, 1.165) is 16.5 Å². The second kappa shape index (κ2) is 5.83. The summed E-state index contributed by atoms with van der Waals surface area (Å²) >= 11 is 3.41. The number of benzene rings is 1. The van der Waals surface area contributed by atoms with Gasteiger partial charge in [-0.25, -0.2) is 0 Å². The van der Waals surface area contributed by atoms with E-state index in [-0.39, 0.29) is 0 Å². The molecule has 1 aromatic carbocycles. The molecular formula is C14H21BrO. The first-order valence-corrected chi connectivity index (χ1v) is 6.73. The van der Waals surface area contributed by atoms with E-state index >= 15 is 0 Å². The van der Waals surface area contributed by atoms with Gasteiger partial charge in [-0.3, -0.25) is 0 Å². The molecule has 0 bridgehead atoms. The normalized spacial score (nSPS) is 16.8. The van der Waals surface area contributed by atoms with Crippen molar-refractivity contribution in [3.63, 3.8) is 0 Å². The first-order valence-electron chi connectivity index (χ1n) is 5.94. The lowest BCUT2D eigenvalue weighted by molar-refractivity contribution is 0.0311. The van der Waals surface area contributed by atoms with Crippen LogP contribution in [-0.4, -0.2) is 5.11 Å². The van der Waals surface area contributed by atoms with Gasteiger partial charge in [0.25, 0.3) is 0 Å². The van der Waals surface area contributed by atoms with Gasteiger partial charge in [0.05, 0.1) is 5.60 Å². The molecule has 2 atom stereocenters. The molecule has 0 aromatic heterocycles. The summed E-state index contributed by atoms with van der Waals surface area (Å²) < 4.78 is 1.05. The van der Waals surface area contributed by atoms with Crippen molar-refractivity contribution in [1.29, 1.82) is 0 Å². The Morgan fingerprint density at radius 3 is 2.38 bits per heavy atom. The van der Waals surface area contributed by atoms with Gasteiger partial charge in [-0.1, -0.05) is 54.8 Å². The summed E-state index contributed by atoms with van der Waals surface area (Å²) in [5, 5.41) is 10.5. The number of hydrogen-bond acceptors (Lipinski definition) is 1. The molecule has 0 aliphatic heterocycles. The molecule has 2 heteroatoms. The van der Waals surface area contributed by atoms with Gasteiger partial charge in [0.1, 0.15) is 0 Å². The summed E-state index contributed by atoms with van der Waals surface area (Å²) in [6, 6.07) is 7.94. The summed E-state index contributed by atoms with van der Waals surface area (Å²) in [6.45, 7) is 6.30. The zero-order chi connectivity index (χ0) is 12.2. The summed E-state index contributed by atoms with van der Waals surface area (Å²) in [6.07, 6.45) is 3.17. The second-order valence-electron chi connectivity index (χ2n) is 4.88. The Morgan fingerprint density at radius 2 is 1.88 bits per heavy atom. The van der Waals surface area contributed by atoms with E-state index in [9.17, 15) is 5.11 Å². The number of aliphatic hydroxyl groups is 1. The topological polar surface area (TPSA) is 20.2 Å². The predicted molar refractivity (Wildman–Crippen MR) is 72.4 cm³/mol. The average Bonchev–Trinajstić information content (AvgIpc) is 2.17. The maximum Gasteiger partial charge on any atom is 0.0871 e. The Morgan fingerprint density at radius 1 is 1.31 bits per heavy atom. The first-order chi connectivity index (χ1) is 7.45. The molecule has 1 N–H and O–H groups in total. The van der Waals surface area contributed by atoms with Crippen LogP contribution in [-0.2, 0) is 5.60 Å². The van der Waals surface area contributed by atoms with E-state index in [1.54, 1.807) is 0 Å². The molecule has 1 aromatic rings. The quantitative estimate of drug-likeness (QED) is 0.845. The van der Waals surface area contributed by atoms with Gasteiger partial charge in [-0.2, -0.15) is 0 Å². The average molecular weight is 285 g/mol. The van der Waals surface area contributed by atoms with Crippen LogP contribution in [0.5, 0.6) is 0 Å². The molecule has 0 radical (unpaired) electrons. The van der Waals surface area contributed by atoms with Gasteiger partial charge < -0.3 is 5.11 Å². The minimum atomic E-state index is -0.713. The van der Waals surface area contributed by atoms with Gasteiger partial charge in [-0.05, 0) is 37.0 Å². The molecule has 0 saturated carbocycles. The Kier molecular flexibility index (Phi) is 5.00. The third-order valence-electron chi connectivity index (χ3n) is 2.99. The third kappa shape index (κ3) is 3.91. The third-order valence-corrected chi connectivity index (χ3v) is 3.52. The summed E-state index contributed by atoms with van der Waals surface area (Å²) in [4.78, 5) is 0. The first kappa shape index (κ1) is 13.7. The van der Waals surface area contributed by atoms with Gasteiger partial charge >= 0.3 is 0 Å². The highest BCUT2D eigenvalue weighted by Crippen LogP contribution is 2.30. The highest BCUT2D eigenvalue weighted by Gasteiger charge is 2.25. The van der Waals surface area contributed by atoms with Crippen LogP contribution in [0.3, 0.4) is 0 Å². The molecule has 0 aliphatic rings. The highest BCUT2D eigenvalue weighted by molar-refractivity contribution is 9.10. The van der Waals surface area contributed by atoms with E-state index in [0.29, 0.717) is 5.92 Å². The Bertz CT molecular complexity index is 316. The Hall–Kier alpha value is -0.340. The zero-order valence-electron chi connectivity index (χ0n) is 10.3.